The van der Waals surface area contributed by atoms with Crippen LogP contribution in [0.2, 0.25) is 5.02 Å². The number of nitrogens with one attached hydrogen (secondary N) is 2. The third-order valence-corrected chi connectivity index (χ3v) is 3.70. The maximum Gasteiger partial charge on any atom is 0.260 e. The third-order valence-electron chi connectivity index (χ3n) is 2.55. The van der Waals surface area contributed by atoms with Crippen molar-refractivity contribution < 1.29 is 14.0 Å². The van der Waals surface area contributed by atoms with E-state index >= 15 is 0 Å². The number of rotatable bonds is 3. The minimum Gasteiger partial charge on any atom is -0.355 e. The molecule has 0 atom stereocenters. The lowest BCUT2D eigenvalue weighted by Crippen LogP contribution is -2.20. The van der Waals surface area contributed by atoms with E-state index in [9.17, 15) is 14.0 Å². The maximum absolute atomic E-state index is 13.6. The molecule has 0 aliphatic rings. The van der Waals surface area contributed by atoms with Crippen LogP contribution >= 0.6 is 22.9 Å². The van der Waals surface area contributed by atoms with Gasteiger partial charge in [0.15, 0.2) is 0 Å². The van der Waals surface area contributed by atoms with Crippen molar-refractivity contribution in [1.29, 1.82) is 0 Å². The highest BCUT2D eigenvalue weighted by Gasteiger charge is 2.19. The van der Waals surface area contributed by atoms with Crippen LogP contribution in [0.1, 0.15) is 20.7 Å². The smallest absolute Gasteiger partial charge is 0.260 e. The van der Waals surface area contributed by atoms with Crippen LogP contribution in [0.5, 0.6) is 0 Å². The van der Waals surface area contributed by atoms with Crippen LogP contribution in [0.3, 0.4) is 0 Å². The molecule has 0 saturated heterocycles. The molecule has 4 nitrogen and oxygen atoms in total. The van der Waals surface area contributed by atoms with Crippen LogP contribution in [-0.4, -0.2) is 18.9 Å². The Morgan fingerprint density at radius 1 is 1.25 bits per heavy atom. The van der Waals surface area contributed by atoms with E-state index in [-0.39, 0.29) is 16.5 Å². The van der Waals surface area contributed by atoms with Crippen molar-refractivity contribution in [2.24, 2.45) is 0 Å². The molecule has 2 N–H and O–H groups in total. The van der Waals surface area contributed by atoms with Crippen LogP contribution < -0.4 is 10.6 Å². The van der Waals surface area contributed by atoms with Gasteiger partial charge in [-0.2, -0.15) is 0 Å². The zero-order valence-electron chi connectivity index (χ0n) is 10.4. The van der Waals surface area contributed by atoms with Crippen LogP contribution in [-0.2, 0) is 0 Å². The largest absolute Gasteiger partial charge is 0.355 e. The normalized spacial score (nSPS) is 10.2. The Labute approximate surface area is 123 Å². The summed E-state index contributed by atoms with van der Waals surface area (Å²) in [7, 11) is 1.49. The molecule has 0 unspecified atom stereocenters. The topological polar surface area (TPSA) is 58.2 Å². The summed E-state index contributed by atoms with van der Waals surface area (Å²) in [6, 6.07) is 5.56. The maximum atomic E-state index is 13.6. The monoisotopic (exact) mass is 312 g/mol. The summed E-state index contributed by atoms with van der Waals surface area (Å²) in [5.74, 6) is -1.74. The second kappa shape index (κ2) is 6.02. The summed E-state index contributed by atoms with van der Waals surface area (Å²) < 4.78 is 13.6. The number of hydrogen-bond donors (Lipinski definition) is 2. The van der Waals surface area contributed by atoms with Gasteiger partial charge in [-0.3, -0.25) is 9.59 Å². The second-order valence-corrected chi connectivity index (χ2v) is 5.12. The van der Waals surface area contributed by atoms with Crippen molar-refractivity contribution in [2.75, 3.05) is 12.4 Å². The molecule has 0 fully saturated rings. The van der Waals surface area contributed by atoms with Gasteiger partial charge in [0, 0.05) is 7.05 Å². The summed E-state index contributed by atoms with van der Waals surface area (Å²) in [4.78, 5) is 23.6. The highest BCUT2D eigenvalue weighted by molar-refractivity contribution is 7.14. The van der Waals surface area contributed by atoms with Crippen LogP contribution in [0.15, 0.2) is 29.6 Å². The van der Waals surface area contributed by atoms with Crippen LogP contribution in [0.4, 0.5) is 9.39 Å². The first kappa shape index (κ1) is 14.5. The zero-order chi connectivity index (χ0) is 14.7. The minimum absolute atomic E-state index is 0.0144. The van der Waals surface area contributed by atoms with Crippen LogP contribution in [0, 0.1) is 5.82 Å². The van der Waals surface area contributed by atoms with Crippen molar-refractivity contribution in [3.63, 3.8) is 0 Å². The van der Waals surface area contributed by atoms with Gasteiger partial charge in [0.2, 0.25) is 0 Å². The van der Waals surface area contributed by atoms with Gasteiger partial charge in [-0.25, -0.2) is 4.39 Å². The van der Waals surface area contributed by atoms with Crippen molar-refractivity contribution in [1.82, 2.24) is 5.32 Å². The summed E-state index contributed by atoms with van der Waals surface area (Å²) >= 11 is 6.99. The molecule has 2 rings (SSSR count). The van der Waals surface area contributed by atoms with E-state index in [0.717, 1.165) is 6.07 Å². The molecule has 0 saturated carbocycles. The van der Waals surface area contributed by atoms with E-state index < -0.39 is 11.7 Å². The number of carbonyl (C=O) groups is 2. The molecule has 1 aromatic heterocycles. The molecule has 0 spiro atoms. The lowest BCUT2D eigenvalue weighted by molar-refractivity contribution is 0.0964. The van der Waals surface area contributed by atoms with E-state index in [2.05, 4.69) is 10.6 Å². The highest BCUT2D eigenvalue weighted by Crippen LogP contribution is 2.26. The molecule has 0 radical (unpaired) electrons. The summed E-state index contributed by atoms with van der Waals surface area (Å²) in [6.07, 6.45) is 0. The van der Waals surface area contributed by atoms with Crippen molar-refractivity contribution in [3.05, 3.63) is 51.6 Å². The van der Waals surface area contributed by atoms with E-state index in [1.807, 2.05) is 0 Å². The Morgan fingerprint density at radius 3 is 2.65 bits per heavy atom. The first-order valence-electron chi connectivity index (χ1n) is 5.59. The molecule has 7 heteroatoms. The van der Waals surface area contributed by atoms with Gasteiger partial charge in [0.25, 0.3) is 11.8 Å². The lowest BCUT2D eigenvalue weighted by Gasteiger charge is -2.07. The minimum atomic E-state index is -0.715. The zero-order valence-corrected chi connectivity index (χ0v) is 11.9. The SMILES string of the molecule is CNC(=O)c1ccsc1NC(=O)c1c(F)cccc1Cl. The first-order chi connectivity index (χ1) is 9.54. The number of halogens is 2. The molecule has 0 aliphatic carbocycles. The summed E-state index contributed by atoms with van der Waals surface area (Å²) in [5.41, 5.74) is 0.0729. The molecule has 1 heterocycles. The lowest BCUT2D eigenvalue weighted by atomic mass is 10.2. The van der Waals surface area contributed by atoms with Gasteiger partial charge >= 0.3 is 0 Å². The fourth-order valence-electron chi connectivity index (χ4n) is 1.60. The fourth-order valence-corrected chi connectivity index (χ4v) is 2.63. The van der Waals surface area contributed by atoms with E-state index in [4.69, 9.17) is 11.6 Å². The summed E-state index contributed by atoms with van der Waals surface area (Å²) in [6.45, 7) is 0. The number of benzene rings is 1. The van der Waals surface area contributed by atoms with Crippen molar-refractivity contribution in [2.45, 2.75) is 0 Å². The molecule has 2 aromatic rings. The summed E-state index contributed by atoms with van der Waals surface area (Å²) in [5, 5.41) is 6.97. The molecule has 104 valence electrons. The number of hydrogen-bond acceptors (Lipinski definition) is 3. The average Bonchev–Trinajstić information content (AvgIpc) is 2.85. The van der Waals surface area contributed by atoms with E-state index in [0.29, 0.717) is 10.6 Å². The van der Waals surface area contributed by atoms with Gasteiger partial charge in [-0.1, -0.05) is 17.7 Å². The van der Waals surface area contributed by atoms with Gasteiger partial charge in [-0.15, -0.1) is 11.3 Å². The number of thiophene rings is 1. The second-order valence-electron chi connectivity index (χ2n) is 3.79. The highest BCUT2D eigenvalue weighted by atomic mass is 35.5. The molecular formula is C13H10ClFN2O2S. The molecular weight excluding hydrogens is 303 g/mol. The number of anilines is 1. The van der Waals surface area contributed by atoms with Gasteiger partial charge in [-0.05, 0) is 23.6 Å². The Kier molecular flexibility index (Phi) is 4.36. The van der Waals surface area contributed by atoms with Gasteiger partial charge in [0.1, 0.15) is 10.8 Å². The quantitative estimate of drug-likeness (QED) is 0.914. The third kappa shape index (κ3) is 2.81. The van der Waals surface area contributed by atoms with Crippen molar-refractivity contribution in [3.8, 4) is 0 Å². The van der Waals surface area contributed by atoms with Crippen molar-refractivity contribution >= 4 is 39.8 Å². The predicted molar refractivity (Wildman–Crippen MR) is 77.1 cm³/mol. The standard InChI is InChI=1S/C13H10ClFN2O2S/c1-16-11(18)7-5-6-20-13(7)17-12(19)10-8(14)3-2-4-9(10)15/h2-6H,1H3,(H,16,18)(H,17,19). The molecule has 0 bridgehead atoms. The fraction of sp³-hybridized carbons (Fsp3) is 0.0769. The van der Waals surface area contributed by atoms with Gasteiger partial charge in [0.05, 0.1) is 16.1 Å². The Morgan fingerprint density at radius 2 is 2.00 bits per heavy atom. The molecule has 2 amide bonds. The molecule has 1 aromatic carbocycles. The van der Waals surface area contributed by atoms with E-state index in [1.165, 1.54) is 30.5 Å². The Balaban J connectivity index is 2.29. The Bertz CT molecular complexity index is 652. The van der Waals surface area contributed by atoms with Crippen LogP contribution in [0.25, 0.3) is 0 Å². The Hall–Kier alpha value is -1.92. The molecule has 0 aliphatic heterocycles. The number of amides is 2. The first-order valence-corrected chi connectivity index (χ1v) is 6.85. The molecule has 20 heavy (non-hydrogen) atoms. The number of carbonyl (C=O) groups excluding carboxylic acids is 2. The van der Waals surface area contributed by atoms with E-state index in [1.54, 1.807) is 11.4 Å². The van der Waals surface area contributed by atoms with Gasteiger partial charge < -0.3 is 10.6 Å². The average molecular weight is 313 g/mol. The predicted octanol–water partition coefficient (Wildman–Crippen LogP) is 3.15.